The number of halogens is 2. The summed E-state index contributed by atoms with van der Waals surface area (Å²) >= 11 is 0. The van der Waals surface area contributed by atoms with E-state index in [1.807, 2.05) is 59.5 Å². The third-order valence-corrected chi connectivity index (χ3v) is 4.72. The maximum atomic E-state index is 12.6. The Kier molecular flexibility index (Phi) is 8.05. The summed E-state index contributed by atoms with van der Waals surface area (Å²) in [5.41, 5.74) is 3.73. The molecule has 2 heterocycles. The molecule has 1 aliphatic rings. The van der Waals surface area contributed by atoms with Gasteiger partial charge in [0, 0.05) is 30.6 Å². The van der Waals surface area contributed by atoms with E-state index in [2.05, 4.69) is 21.6 Å². The van der Waals surface area contributed by atoms with Crippen LogP contribution >= 0.6 is 24.8 Å². The number of rotatable bonds is 3. The minimum Gasteiger partial charge on any atom is -0.337 e. The van der Waals surface area contributed by atoms with Crippen LogP contribution in [0.25, 0.3) is 23.1 Å². The number of fused-ring (bicyclic) bond motifs is 1. The number of H-pyrrole nitrogens is 1. The summed E-state index contributed by atoms with van der Waals surface area (Å²) in [6.07, 6.45) is 5.02. The molecule has 1 aromatic heterocycles. The molecule has 2 N–H and O–H groups in total. The highest BCUT2D eigenvalue weighted by Gasteiger charge is 2.16. The first-order valence-electron chi connectivity index (χ1n) is 9.02. The molecule has 0 aliphatic carbocycles. The van der Waals surface area contributed by atoms with Gasteiger partial charge in [0.05, 0.1) is 11.2 Å². The zero-order valence-electron chi connectivity index (χ0n) is 15.4. The van der Waals surface area contributed by atoms with Crippen molar-refractivity contribution in [1.82, 2.24) is 20.4 Å². The van der Waals surface area contributed by atoms with Gasteiger partial charge >= 0.3 is 0 Å². The average Bonchev–Trinajstić information content (AvgIpc) is 2.90. The molecule has 0 spiro atoms. The Balaban J connectivity index is 0.00000140. The molecule has 0 saturated carbocycles. The monoisotopic (exact) mass is 418 g/mol. The number of nitrogens with one attached hydrogen (secondary N) is 2. The third-order valence-electron chi connectivity index (χ3n) is 4.72. The third kappa shape index (κ3) is 4.93. The number of carbonyl (C=O) groups is 1. The van der Waals surface area contributed by atoms with Gasteiger partial charge in [-0.1, -0.05) is 36.4 Å². The fourth-order valence-electron chi connectivity index (χ4n) is 3.26. The second-order valence-electron chi connectivity index (χ2n) is 6.51. The van der Waals surface area contributed by atoms with E-state index >= 15 is 0 Å². The van der Waals surface area contributed by atoms with Crippen LogP contribution in [0.2, 0.25) is 0 Å². The van der Waals surface area contributed by atoms with Crippen molar-refractivity contribution < 1.29 is 4.79 Å². The molecule has 1 saturated heterocycles. The molecule has 28 heavy (non-hydrogen) atoms. The Morgan fingerprint density at radius 1 is 0.964 bits per heavy atom. The van der Waals surface area contributed by atoms with Crippen molar-refractivity contribution >= 4 is 53.8 Å². The number of aromatic amines is 1. The van der Waals surface area contributed by atoms with Gasteiger partial charge in [-0.3, -0.25) is 9.89 Å². The molecule has 0 unspecified atom stereocenters. The minimum absolute atomic E-state index is 0. The predicted molar refractivity (Wildman–Crippen MR) is 119 cm³/mol. The first kappa shape index (κ1) is 22.0. The van der Waals surface area contributed by atoms with Crippen molar-refractivity contribution in [1.29, 1.82) is 0 Å². The Hall–Kier alpha value is -2.34. The second kappa shape index (κ2) is 10.3. The van der Waals surface area contributed by atoms with E-state index in [0.29, 0.717) is 0 Å². The van der Waals surface area contributed by atoms with E-state index in [4.69, 9.17) is 0 Å². The highest BCUT2D eigenvalue weighted by molar-refractivity contribution is 5.95. The van der Waals surface area contributed by atoms with Crippen molar-refractivity contribution in [3.05, 3.63) is 65.4 Å². The minimum atomic E-state index is 0. The van der Waals surface area contributed by atoms with Gasteiger partial charge in [-0.25, -0.2) is 0 Å². The number of para-hydroxylation sites is 1. The lowest BCUT2D eigenvalue weighted by Crippen LogP contribution is -2.34. The number of hydrogen-bond donors (Lipinski definition) is 2. The van der Waals surface area contributed by atoms with Gasteiger partial charge in [0.15, 0.2) is 0 Å². The number of nitrogens with zero attached hydrogens (tertiary/aromatic N) is 2. The number of amides is 1. The summed E-state index contributed by atoms with van der Waals surface area (Å²) in [6.45, 7) is 3.44. The molecule has 1 aliphatic heterocycles. The zero-order chi connectivity index (χ0) is 17.8. The normalized spacial score (nSPS) is 14.4. The van der Waals surface area contributed by atoms with Crippen LogP contribution in [0.3, 0.4) is 0 Å². The number of benzene rings is 2. The second-order valence-corrected chi connectivity index (χ2v) is 6.51. The van der Waals surface area contributed by atoms with Gasteiger partial charge in [0.25, 0.3) is 5.91 Å². The summed E-state index contributed by atoms with van der Waals surface area (Å²) in [7, 11) is 0. The molecule has 0 atom stereocenters. The first-order valence-corrected chi connectivity index (χ1v) is 9.02. The first-order chi connectivity index (χ1) is 12.8. The molecule has 7 heteroatoms. The molecule has 148 valence electrons. The zero-order valence-corrected chi connectivity index (χ0v) is 17.1. The Labute approximate surface area is 177 Å². The Morgan fingerprint density at radius 2 is 1.75 bits per heavy atom. The fourth-order valence-corrected chi connectivity index (χ4v) is 3.26. The molecule has 0 radical (unpaired) electrons. The standard InChI is InChI=1S/C21H22N4O.2ClH/c26-21(25-14-3-12-22-13-15-25)17-9-6-16(7-10-17)8-11-20-18-4-1-2-5-19(18)23-24-20;;/h1-2,4-11,22H,3,12-15H2,(H,23,24);2*1H/b11-8+;;. The lowest BCUT2D eigenvalue weighted by molar-refractivity contribution is 0.0766. The lowest BCUT2D eigenvalue weighted by atomic mass is 10.1. The quantitative estimate of drug-likeness (QED) is 0.675. The topological polar surface area (TPSA) is 61.0 Å². The van der Waals surface area contributed by atoms with Crippen LogP contribution < -0.4 is 5.32 Å². The van der Waals surface area contributed by atoms with Gasteiger partial charge < -0.3 is 10.2 Å². The van der Waals surface area contributed by atoms with Gasteiger partial charge in [-0.15, -0.1) is 24.8 Å². The molecule has 4 rings (SSSR count). The van der Waals surface area contributed by atoms with E-state index in [1.165, 1.54) is 0 Å². The number of carbonyl (C=O) groups excluding carboxylic acids is 1. The molecular weight excluding hydrogens is 395 g/mol. The molecule has 2 aromatic carbocycles. The van der Waals surface area contributed by atoms with Gasteiger partial charge in [-0.05, 0) is 42.8 Å². The molecule has 3 aromatic rings. The summed E-state index contributed by atoms with van der Waals surface area (Å²) in [5.74, 6) is 0.113. The smallest absolute Gasteiger partial charge is 0.253 e. The van der Waals surface area contributed by atoms with E-state index in [9.17, 15) is 4.79 Å². The summed E-state index contributed by atoms with van der Waals surface area (Å²) in [5, 5.41) is 11.8. The molecule has 1 fully saturated rings. The number of hydrogen-bond acceptors (Lipinski definition) is 3. The average molecular weight is 419 g/mol. The predicted octanol–water partition coefficient (Wildman–Crippen LogP) is 4.01. The van der Waals surface area contributed by atoms with Crippen molar-refractivity contribution in [2.45, 2.75) is 6.42 Å². The Morgan fingerprint density at radius 3 is 2.57 bits per heavy atom. The van der Waals surface area contributed by atoms with Crippen LogP contribution in [0.15, 0.2) is 48.5 Å². The summed E-state index contributed by atoms with van der Waals surface area (Å²) in [4.78, 5) is 14.6. The highest BCUT2D eigenvalue weighted by atomic mass is 35.5. The summed E-state index contributed by atoms with van der Waals surface area (Å²) < 4.78 is 0. The van der Waals surface area contributed by atoms with E-state index in [0.717, 1.165) is 60.3 Å². The lowest BCUT2D eigenvalue weighted by Gasteiger charge is -2.19. The number of aromatic nitrogens is 2. The van der Waals surface area contributed by atoms with Gasteiger partial charge in [-0.2, -0.15) is 5.10 Å². The van der Waals surface area contributed by atoms with Crippen molar-refractivity contribution in [2.24, 2.45) is 0 Å². The van der Waals surface area contributed by atoms with E-state index in [-0.39, 0.29) is 30.7 Å². The maximum absolute atomic E-state index is 12.6. The Bertz CT molecular complexity index is 929. The van der Waals surface area contributed by atoms with Crippen LogP contribution in [0.5, 0.6) is 0 Å². The molecule has 1 amide bonds. The molecule has 5 nitrogen and oxygen atoms in total. The SMILES string of the molecule is Cl.Cl.O=C(c1ccc(/C=C/c2n[nH]c3ccccc23)cc1)N1CCCNCC1. The largest absolute Gasteiger partial charge is 0.337 e. The van der Waals surface area contributed by atoms with Crippen LogP contribution in [-0.4, -0.2) is 47.2 Å². The molecular formula is C21H24Cl2N4O. The van der Waals surface area contributed by atoms with Crippen LogP contribution in [0.1, 0.15) is 28.0 Å². The van der Waals surface area contributed by atoms with E-state index < -0.39 is 0 Å². The fraction of sp³-hybridized carbons (Fsp3) is 0.238. The summed E-state index contributed by atoms with van der Waals surface area (Å²) in [6, 6.07) is 15.8. The van der Waals surface area contributed by atoms with Crippen LogP contribution in [0, 0.1) is 0 Å². The van der Waals surface area contributed by atoms with Gasteiger partial charge in [0.2, 0.25) is 0 Å². The highest BCUT2D eigenvalue weighted by Crippen LogP contribution is 2.18. The molecule has 0 bridgehead atoms. The van der Waals surface area contributed by atoms with Crippen molar-refractivity contribution in [2.75, 3.05) is 26.2 Å². The van der Waals surface area contributed by atoms with Gasteiger partial charge in [0.1, 0.15) is 0 Å². The van der Waals surface area contributed by atoms with Crippen molar-refractivity contribution in [3.63, 3.8) is 0 Å². The maximum Gasteiger partial charge on any atom is 0.253 e. The van der Waals surface area contributed by atoms with Crippen LogP contribution in [-0.2, 0) is 0 Å². The van der Waals surface area contributed by atoms with E-state index in [1.54, 1.807) is 0 Å². The van der Waals surface area contributed by atoms with Crippen molar-refractivity contribution in [3.8, 4) is 0 Å². The van der Waals surface area contributed by atoms with Crippen LogP contribution in [0.4, 0.5) is 0 Å².